The van der Waals surface area contributed by atoms with Crippen LogP contribution in [0.5, 0.6) is 17.2 Å². The molecule has 0 amide bonds. The van der Waals surface area contributed by atoms with Gasteiger partial charge in [-0.15, -0.1) is 0 Å². The summed E-state index contributed by atoms with van der Waals surface area (Å²) in [6.45, 7) is 1.01. The molecular weight excluding hydrogens is 290 g/mol. The number of ether oxygens (including phenoxy) is 2. The summed E-state index contributed by atoms with van der Waals surface area (Å²) in [4.78, 5) is 11.9. The predicted octanol–water partition coefficient (Wildman–Crippen LogP) is 1.46. The molecule has 0 atom stereocenters. The van der Waals surface area contributed by atoms with E-state index in [1.54, 1.807) is 6.07 Å². The van der Waals surface area contributed by atoms with Crippen molar-refractivity contribution in [3.8, 4) is 17.2 Å². The van der Waals surface area contributed by atoms with E-state index in [1.807, 2.05) is 0 Å². The summed E-state index contributed by atoms with van der Waals surface area (Å²) in [6, 6.07) is 1.59. The highest BCUT2D eigenvalue weighted by Gasteiger charge is 2.26. The van der Waals surface area contributed by atoms with Gasteiger partial charge in [0.25, 0.3) is 0 Å². The van der Waals surface area contributed by atoms with Crippen LogP contribution in [-0.2, 0) is 0 Å². The Hall–Kier alpha value is -1.27. The third-order valence-electron chi connectivity index (χ3n) is 2.41. The number of phenols is 1. The molecule has 6 heteroatoms. The van der Waals surface area contributed by atoms with Crippen LogP contribution < -0.4 is 15.2 Å². The zero-order valence-electron chi connectivity index (χ0n) is 9.03. The Morgan fingerprint density at radius 1 is 1.47 bits per heavy atom. The Bertz CT molecular complexity index is 461. The molecule has 1 aromatic carbocycles. The molecule has 1 heterocycles. The Morgan fingerprint density at radius 2 is 2.18 bits per heavy atom. The molecule has 17 heavy (non-hydrogen) atoms. The number of nitrogens with two attached hydrogens (primary N) is 1. The Morgan fingerprint density at radius 3 is 2.88 bits per heavy atom. The van der Waals surface area contributed by atoms with Crippen LogP contribution in [0.25, 0.3) is 0 Å². The molecule has 0 bridgehead atoms. The summed E-state index contributed by atoms with van der Waals surface area (Å²) in [5.41, 5.74) is 5.48. The van der Waals surface area contributed by atoms with Crippen molar-refractivity contribution in [1.29, 1.82) is 0 Å². The number of aromatic hydroxyl groups is 1. The number of phenolic OH excluding ortho intramolecular Hbond substituents is 1. The average Bonchev–Trinajstić information content (AvgIpc) is 2.31. The minimum absolute atomic E-state index is 0.132. The highest BCUT2D eigenvalue weighted by atomic mass is 79.9. The van der Waals surface area contributed by atoms with E-state index < -0.39 is 0 Å². The van der Waals surface area contributed by atoms with Gasteiger partial charge in [0.2, 0.25) is 0 Å². The summed E-state index contributed by atoms with van der Waals surface area (Å²) in [7, 11) is 0. The number of hydrogen-bond acceptors (Lipinski definition) is 5. The largest absolute Gasteiger partial charge is 0.506 e. The van der Waals surface area contributed by atoms with Gasteiger partial charge >= 0.3 is 0 Å². The zero-order chi connectivity index (χ0) is 12.4. The van der Waals surface area contributed by atoms with Gasteiger partial charge in [-0.25, -0.2) is 0 Å². The second-order valence-corrected chi connectivity index (χ2v) is 4.42. The first-order valence-electron chi connectivity index (χ1n) is 5.19. The van der Waals surface area contributed by atoms with Gasteiger partial charge < -0.3 is 20.3 Å². The smallest absolute Gasteiger partial charge is 0.175 e. The van der Waals surface area contributed by atoms with E-state index in [4.69, 9.17) is 15.2 Å². The van der Waals surface area contributed by atoms with E-state index in [-0.39, 0.29) is 30.1 Å². The lowest BCUT2D eigenvalue weighted by molar-refractivity contribution is 0.0970. The van der Waals surface area contributed by atoms with Gasteiger partial charge in [0.1, 0.15) is 24.5 Å². The second-order valence-electron chi connectivity index (χ2n) is 3.57. The van der Waals surface area contributed by atoms with Crippen molar-refractivity contribution in [3.05, 3.63) is 16.1 Å². The number of benzene rings is 1. The van der Waals surface area contributed by atoms with Crippen molar-refractivity contribution in [2.45, 2.75) is 6.42 Å². The van der Waals surface area contributed by atoms with Crippen molar-refractivity contribution in [2.24, 2.45) is 5.73 Å². The van der Waals surface area contributed by atoms with Crippen LogP contribution in [-0.4, -0.2) is 30.6 Å². The van der Waals surface area contributed by atoms with Gasteiger partial charge in [-0.1, -0.05) is 0 Å². The first-order chi connectivity index (χ1) is 8.15. The van der Waals surface area contributed by atoms with Gasteiger partial charge in [-0.05, 0) is 22.5 Å². The van der Waals surface area contributed by atoms with Crippen LogP contribution in [0, 0.1) is 0 Å². The molecule has 0 saturated heterocycles. The molecule has 0 unspecified atom stereocenters. The van der Waals surface area contributed by atoms with Crippen LogP contribution in [0.15, 0.2) is 10.5 Å². The van der Waals surface area contributed by atoms with E-state index >= 15 is 0 Å². The number of Topliss-reactive ketones (excluding diaryl/α,β-unsaturated/α-hetero) is 1. The topological polar surface area (TPSA) is 81.8 Å². The fourth-order valence-electron chi connectivity index (χ4n) is 1.66. The molecule has 0 aliphatic carbocycles. The second kappa shape index (κ2) is 4.93. The molecule has 0 saturated carbocycles. The van der Waals surface area contributed by atoms with Gasteiger partial charge in [0.05, 0.1) is 4.47 Å². The molecule has 5 nitrogen and oxygen atoms in total. The summed E-state index contributed by atoms with van der Waals surface area (Å²) < 4.78 is 11.2. The first-order valence-corrected chi connectivity index (χ1v) is 5.98. The fraction of sp³-hybridized carbons (Fsp3) is 0.364. The molecule has 0 spiro atoms. The van der Waals surface area contributed by atoms with Crippen LogP contribution in [0.1, 0.15) is 16.8 Å². The molecule has 1 aliphatic rings. The van der Waals surface area contributed by atoms with Crippen molar-refractivity contribution in [3.63, 3.8) is 0 Å². The van der Waals surface area contributed by atoms with E-state index in [9.17, 15) is 9.90 Å². The van der Waals surface area contributed by atoms with Crippen LogP contribution >= 0.6 is 15.9 Å². The van der Waals surface area contributed by atoms with Crippen molar-refractivity contribution < 1.29 is 19.4 Å². The fourth-order valence-corrected chi connectivity index (χ4v) is 2.07. The number of hydrogen-bond donors (Lipinski definition) is 2. The van der Waals surface area contributed by atoms with Gasteiger partial charge in [-0.3, -0.25) is 4.79 Å². The number of ketones is 1. The number of carbonyl (C=O) groups is 1. The van der Waals surface area contributed by atoms with Crippen LogP contribution in [0.4, 0.5) is 0 Å². The third kappa shape index (κ3) is 2.23. The minimum Gasteiger partial charge on any atom is -0.506 e. The molecule has 0 aromatic heterocycles. The third-order valence-corrected chi connectivity index (χ3v) is 3.01. The van der Waals surface area contributed by atoms with Crippen molar-refractivity contribution in [2.75, 3.05) is 19.8 Å². The standard InChI is InChI=1S/C11H12BrNO4/c12-6-5-8-11(17-4-3-16-8)9(10(6)15)7(14)1-2-13/h5,15H,1-4,13H2. The SMILES string of the molecule is NCCC(=O)c1c(O)c(Br)cc2c1OCCO2. The molecule has 0 radical (unpaired) electrons. The van der Waals surface area contributed by atoms with E-state index in [1.165, 1.54) is 0 Å². The Kier molecular flexibility index (Phi) is 3.54. The van der Waals surface area contributed by atoms with Gasteiger partial charge in [-0.2, -0.15) is 0 Å². The quantitative estimate of drug-likeness (QED) is 0.826. The number of halogens is 1. The van der Waals surface area contributed by atoms with Crippen LogP contribution in [0.2, 0.25) is 0 Å². The monoisotopic (exact) mass is 301 g/mol. The maximum absolute atomic E-state index is 11.9. The van der Waals surface area contributed by atoms with E-state index in [0.29, 0.717) is 29.2 Å². The minimum atomic E-state index is -0.256. The van der Waals surface area contributed by atoms with Gasteiger partial charge in [0.15, 0.2) is 17.3 Å². The lowest BCUT2D eigenvalue weighted by Crippen LogP contribution is -2.19. The van der Waals surface area contributed by atoms with E-state index in [2.05, 4.69) is 15.9 Å². The zero-order valence-corrected chi connectivity index (χ0v) is 10.6. The van der Waals surface area contributed by atoms with Crippen molar-refractivity contribution in [1.82, 2.24) is 0 Å². The molecule has 1 aromatic rings. The van der Waals surface area contributed by atoms with Gasteiger partial charge in [0, 0.05) is 12.5 Å². The maximum Gasteiger partial charge on any atom is 0.175 e. The number of fused-ring (bicyclic) bond motifs is 1. The maximum atomic E-state index is 11.9. The number of carbonyl (C=O) groups excluding carboxylic acids is 1. The number of rotatable bonds is 3. The lowest BCUT2D eigenvalue weighted by atomic mass is 10.0. The molecular formula is C11H12BrNO4. The molecule has 92 valence electrons. The summed E-state index contributed by atoms with van der Waals surface area (Å²) in [6.07, 6.45) is 0.153. The van der Waals surface area contributed by atoms with Crippen LogP contribution in [0.3, 0.4) is 0 Å². The molecule has 0 fully saturated rings. The first kappa shape index (κ1) is 12.2. The van der Waals surface area contributed by atoms with Crippen molar-refractivity contribution >= 4 is 21.7 Å². The lowest BCUT2D eigenvalue weighted by Gasteiger charge is -2.21. The molecule has 1 aliphatic heterocycles. The average molecular weight is 302 g/mol. The van der Waals surface area contributed by atoms with E-state index in [0.717, 1.165) is 0 Å². The highest BCUT2D eigenvalue weighted by Crippen LogP contribution is 2.44. The summed E-state index contributed by atoms with van der Waals surface area (Å²) in [5, 5.41) is 9.91. The predicted molar refractivity (Wildman–Crippen MR) is 64.8 cm³/mol. The normalized spacial score (nSPS) is 13.5. The molecule has 2 rings (SSSR count). The Balaban J connectivity index is 2.54. The Labute approximate surface area is 107 Å². The summed E-state index contributed by atoms with van der Waals surface area (Å²) >= 11 is 3.18. The molecule has 3 N–H and O–H groups in total. The summed E-state index contributed by atoms with van der Waals surface area (Å²) in [5.74, 6) is 0.373. The highest BCUT2D eigenvalue weighted by molar-refractivity contribution is 9.10.